The molecule has 0 unspecified atom stereocenters. The Morgan fingerprint density at radius 2 is 1.76 bits per heavy atom. The molecule has 0 bridgehead atoms. The second kappa shape index (κ2) is 6.83. The lowest BCUT2D eigenvalue weighted by Gasteiger charge is -2.41. The monoisotopic (exact) mass is 400 g/mol. The Morgan fingerprint density at radius 3 is 2.38 bits per heavy atom. The van der Waals surface area contributed by atoms with Gasteiger partial charge in [-0.1, -0.05) is 33.8 Å². The Kier molecular flexibility index (Phi) is 4.80. The summed E-state index contributed by atoms with van der Waals surface area (Å²) in [4.78, 5) is 23.8. The molecule has 2 fully saturated rings. The third-order valence-corrected chi connectivity index (χ3v) is 7.16. The van der Waals surface area contributed by atoms with E-state index in [4.69, 9.17) is 14.2 Å². The quantitative estimate of drug-likeness (QED) is 0.417. The summed E-state index contributed by atoms with van der Waals surface area (Å²) in [5, 5.41) is 0. The van der Waals surface area contributed by atoms with Gasteiger partial charge in [0.05, 0.1) is 6.10 Å². The Hall–Kier alpha value is -1.88. The van der Waals surface area contributed by atoms with Gasteiger partial charge in [-0.25, -0.2) is 0 Å². The molecule has 3 aliphatic rings. The summed E-state index contributed by atoms with van der Waals surface area (Å²) in [6.45, 7) is 11.6. The molecule has 5 nitrogen and oxygen atoms in total. The number of hydrogen-bond donors (Lipinski definition) is 0. The molecule has 0 aromatic heterocycles. The summed E-state index contributed by atoms with van der Waals surface area (Å²) in [6.07, 6.45) is 5.20. The van der Waals surface area contributed by atoms with Crippen molar-refractivity contribution in [1.29, 1.82) is 0 Å². The second-order valence-electron chi connectivity index (χ2n) is 9.96. The van der Waals surface area contributed by atoms with E-state index in [0.717, 1.165) is 30.4 Å². The lowest BCUT2D eigenvalue weighted by molar-refractivity contribution is -0.134. The van der Waals surface area contributed by atoms with E-state index in [-0.39, 0.29) is 23.0 Å². The summed E-state index contributed by atoms with van der Waals surface area (Å²) in [5.74, 6) is 0.589. The van der Waals surface area contributed by atoms with Crippen molar-refractivity contribution in [3.05, 3.63) is 22.8 Å². The normalized spacial score (nSPS) is 29.2. The van der Waals surface area contributed by atoms with Crippen molar-refractivity contribution < 1.29 is 23.8 Å². The zero-order chi connectivity index (χ0) is 21.1. The fraction of sp³-hybridized carbons (Fsp3) is 0.667. The first-order valence-electron chi connectivity index (χ1n) is 10.8. The number of ether oxygens (including phenoxy) is 3. The summed E-state index contributed by atoms with van der Waals surface area (Å²) in [7, 11) is 0. The van der Waals surface area contributed by atoms with E-state index < -0.39 is 11.9 Å². The van der Waals surface area contributed by atoms with Gasteiger partial charge in [0.2, 0.25) is 0 Å². The number of fused-ring (bicyclic) bond motifs is 1. The molecular formula is C24H32O5. The van der Waals surface area contributed by atoms with Gasteiger partial charge >= 0.3 is 11.9 Å². The van der Waals surface area contributed by atoms with Crippen molar-refractivity contribution in [3.8, 4) is 11.5 Å². The number of epoxide rings is 1. The fourth-order valence-electron chi connectivity index (χ4n) is 5.77. The van der Waals surface area contributed by atoms with Crippen LogP contribution >= 0.6 is 0 Å². The molecule has 158 valence electrons. The van der Waals surface area contributed by atoms with Gasteiger partial charge in [-0.3, -0.25) is 9.59 Å². The van der Waals surface area contributed by atoms with Crippen LogP contribution in [0.15, 0.2) is 6.07 Å². The summed E-state index contributed by atoms with van der Waals surface area (Å²) < 4.78 is 17.7. The Bertz CT molecular complexity index is 869. The average Bonchev–Trinajstić information content (AvgIpc) is 3.33. The average molecular weight is 401 g/mol. The molecule has 0 N–H and O–H groups in total. The molecule has 1 aromatic rings. The molecule has 5 heteroatoms. The number of aryl methyl sites for hydroxylation is 1. The summed E-state index contributed by atoms with van der Waals surface area (Å²) >= 11 is 0. The zero-order valence-corrected chi connectivity index (χ0v) is 18.4. The molecule has 2 aliphatic carbocycles. The molecule has 1 heterocycles. The smallest absolute Gasteiger partial charge is 0.308 e. The van der Waals surface area contributed by atoms with Gasteiger partial charge in [0.1, 0.15) is 5.60 Å². The standard InChI is InChI=1S/C24H32O5/c1-13(2)17-11-16-7-8-19-23(5,6)10-9-20-24(19,29-20)12-18(16)22(28-15(4)26)21(17)27-14(3)25/h11,13,19-20H,7-10,12H2,1-6H3/t19-,20+,24-/m0/s1. The van der Waals surface area contributed by atoms with Gasteiger partial charge in [0.25, 0.3) is 0 Å². The predicted molar refractivity (Wildman–Crippen MR) is 109 cm³/mol. The largest absolute Gasteiger partial charge is 0.422 e. The fourth-order valence-corrected chi connectivity index (χ4v) is 5.77. The van der Waals surface area contributed by atoms with Crippen LogP contribution in [0.2, 0.25) is 0 Å². The minimum atomic E-state index is -0.413. The third-order valence-electron chi connectivity index (χ3n) is 7.16. The molecule has 1 saturated heterocycles. The number of carbonyl (C=O) groups excluding carboxylic acids is 2. The number of benzene rings is 1. The van der Waals surface area contributed by atoms with E-state index in [2.05, 4.69) is 33.8 Å². The van der Waals surface area contributed by atoms with E-state index in [9.17, 15) is 9.59 Å². The molecule has 0 radical (unpaired) electrons. The van der Waals surface area contributed by atoms with Crippen LogP contribution in [0.1, 0.15) is 83.4 Å². The highest BCUT2D eigenvalue weighted by atomic mass is 16.6. The number of carbonyl (C=O) groups is 2. The molecule has 1 saturated carbocycles. The lowest BCUT2D eigenvalue weighted by Crippen LogP contribution is -2.43. The Balaban J connectivity index is 1.88. The van der Waals surface area contributed by atoms with Crippen LogP contribution in [-0.4, -0.2) is 23.6 Å². The zero-order valence-electron chi connectivity index (χ0n) is 18.4. The highest BCUT2D eigenvalue weighted by molar-refractivity contribution is 5.76. The first-order chi connectivity index (χ1) is 13.5. The van der Waals surface area contributed by atoms with Crippen LogP contribution in [0.5, 0.6) is 11.5 Å². The van der Waals surface area contributed by atoms with Crippen LogP contribution in [-0.2, 0) is 27.2 Å². The van der Waals surface area contributed by atoms with E-state index in [1.54, 1.807) is 0 Å². The number of esters is 2. The van der Waals surface area contributed by atoms with Gasteiger partial charge in [-0.2, -0.15) is 0 Å². The maximum Gasteiger partial charge on any atom is 0.308 e. The maximum absolute atomic E-state index is 12.0. The van der Waals surface area contributed by atoms with E-state index in [0.29, 0.717) is 23.8 Å². The molecule has 1 spiro atoms. The minimum Gasteiger partial charge on any atom is -0.422 e. The minimum absolute atomic E-state index is 0.133. The van der Waals surface area contributed by atoms with Gasteiger partial charge < -0.3 is 14.2 Å². The van der Waals surface area contributed by atoms with Crippen molar-refractivity contribution >= 4 is 11.9 Å². The van der Waals surface area contributed by atoms with Crippen molar-refractivity contribution in [1.82, 2.24) is 0 Å². The highest BCUT2D eigenvalue weighted by Crippen LogP contribution is 2.63. The predicted octanol–water partition coefficient (Wildman–Crippen LogP) is 4.72. The van der Waals surface area contributed by atoms with Crippen molar-refractivity contribution in [2.45, 2.75) is 91.3 Å². The molecule has 3 atom stereocenters. The van der Waals surface area contributed by atoms with Crippen LogP contribution in [0.3, 0.4) is 0 Å². The van der Waals surface area contributed by atoms with Gasteiger partial charge in [-0.05, 0) is 48.5 Å². The van der Waals surface area contributed by atoms with Crippen LogP contribution < -0.4 is 9.47 Å². The van der Waals surface area contributed by atoms with E-state index in [1.165, 1.54) is 25.8 Å². The maximum atomic E-state index is 12.0. The van der Waals surface area contributed by atoms with Crippen molar-refractivity contribution in [2.24, 2.45) is 11.3 Å². The van der Waals surface area contributed by atoms with Gasteiger partial charge in [0.15, 0.2) is 11.5 Å². The van der Waals surface area contributed by atoms with E-state index in [1.807, 2.05) is 0 Å². The topological polar surface area (TPSA) is 65.1 Å². The van der Waals surface area contributed by atoms with E-state index >= 15 is 0 Å². The third kappa shape index (κ3) is 3.37. The molecule has 0 amide bonds. The highest BCUT2D eigenvalue weighted by Gasteiger charge is 2.67. The molecular weight excluding hydrogens is 368 g/mol. The van der Waals surface area contributed by atoms with Crippen molar-refractivity contribution in [3.63, 3.8) is 0 Å². The van der Waals surface area contributed by atoms with Crippen LogP contribution in [0, 0.1) is 11.3 Å². The lowest BCUT2D eigenvalue weighted by atomic mass is 9.61. The molecule has 1 aromatic carbocycles. The Labute approximate surface area is 173 Å². The Morgan fingerprint density at radius 1 is 1.10 bits per heavy atom. The SMILES string of the molecule is CC(=O)Oc1c(C(C)C)cc2c(c1OC(C)=O)C[C@@]13O[C@@H]1CCC(C)(C)[C@@H]3CC2. The first-order valence-corrected chi connectivity index (χ1v) is 10.8. The first kappa shape index (κ1) is 20.4. The number of hydrogen-bond acceptors (Lipinski definition) is 5. The summed E-state index contributed by atoms with van der Waals surface area (Å²) in [5.41, 5.74) is 3.11. The summed E-state index contributed by atoms with van der Waals surface area (Å²) in [6, 6.07) is 2.16. The van der Waals surface area contributed by atoms with Gasteiger partial charge in [-0.15, -0.1) is 0 Å². The number of rotatable bonds is 3. The molecule has 29 heavy (non-hydrogen) atoms. The van der Waals surface area contributed by atoms with Crippen molar-refractivity contribution in [2.75, 3.05) is 0 Å². The van der Waals surface area contributed by atoms with Crippen LogP contribution in [0.4, 0.5) is 0 Å². The molecule has 1 aliphatic heterocycles. The molecule has 4 rings (SSSR count). The second-order valence-corrected chi connectivity index (χ2v) is 9.96. The van der Waals surface area contributed by atoms with Gasteiger partial charge in [0, 0.05) is 31.4 Å². The van der Waals surface area contributed by atoms with Crippen LogP contribution in [0.25, 0.3) is 0 Å².